The highest BCUT2D eigenvalue weighted by atomic mass is 16.5. The lowest BCUT2D eigenvalue weighted by atomic mass is 10.0. The number of nitrogens with zero attached hydrogens (tertiary/aromatic N) is 3. The van der Waals surface area contributed by atoms with E-state index < -0.39 is 6.04 Å². The largest absolute Gasteiger partial charge is 0.467 e. The van der Waals surface area contributed by atoms with E-state index in [1.165, 1.54) is 7.11 Å². The van der Waals surface area contributed by atoms with Gasteiger partial charge in [0.05, 0.1) is 13.3 Å². The van der Waals surface area contributed by atoms with Crippen molar-refractivity contribution in [1.29, 1.82) is 0 Å². The normalized spacial score (nSPS) is 12.7. The smallest absolute Gasteiger partial charge is 0.328 e. The van der Waals surface area contributed by atoms with Crippen LogP contribution in [0.5, 0.6) is 0 Å². The van der Waals surface area contributed by atoms with E-state index in [0.717, 1.165) is 5.65 Å². The summed E-state index contributed by atoms with van der Waals surface area (Å²) < 4.78 is 6.43. The fourth-order valence-electron chi connectivity index (χ4n) is 1.68. The van der Waals surface area contributed by atoms with E-state index >= 15 is 0 Å². The van der Waals surface area contributed by atoms with Crippen molar-refractivity contribution in [2.75, 3.05) is 12.4 Å². The van der Waals surface area contributed by atoms with Gasteiger partial charge in [-0.25, -0.2) is 14.3 Å². The maximum Gasteiger partial charge on any atom is 0.328 e. The van der Waals surface area contributed by atoms with E-state index in [1.54, 1.807) is 29.0 Å². The maximum absolute atomic E-state index is 11.6. The average Bonchev–Trinajstić information content (AvgIpc) is 2.82. The first-order chi connectivity index (χ1) is 8.61. The minimum Gasteiger partial charge on any atom is -0.467 e. The fourth-order valence-corrected chi connectivity index (χ4v) is 1.68. The number of rotatable bonds is 4. The molecule has 0 amide bonds. The Morgan fingerprint density at radius 2 is 2.22 bits per heavy atom. The van der Waals surface area contributed by atoms with Crippen LogP contribution in [0.1, 0.15) is 13.8 Å². The molecular formula is C12H16N4O2. The maximum atomic E-state index is 11.6. The first-order valence-electron chi connectivity index (χ1n) is 5.76. The van der Waals surface area contributed by atoms with Gasteiger partial charge in [0.2, 0.25) is 0 Å². The molecule has 0 bridgehead atoms. The van der Waals surface area contributed by atoms with Crippen LogP contribution in [0.15, 0.2) is 24.5 Å². The molecule has 2 heterocycles. The quantitative estimate of drug-likeness (QED) is 0.827. The number of aromatic nitrogens is 3. The predicted molar refractivity (Wildman–Crippen MR) is 67.3 cm³/mol. The van der Waals surface area contributed by atoms with E-state index in [-0.39, 0.29) is 11.9 Å². The number of fused-ring (bicyclic) bond motifs is 1. The van der Waals surface area contributed by atoms with Crippen LogP contribution in [0, 0.1) is 5.92 Å². The van der Waals surface area contributed by atoms with Crippen molar-refractivity contribution in [2.45, 2.75) is 19.9 Å². The zero-order valence-corrected chi connectivity index (χ0v) is 10.6. The van der Waals surface area contributed by atoms with Crippen molar-refractivity contribution in [3.8, 4) is 0 Å². The second-order valence-corrected chi connectivity index (χ2v) is 4.34. The summed E-state index contributed by atoms with van der Waals surface area (Å²) in [5, 5.41) is 7.14. The molecule has 0 aromatic carbocycles. The topological polar surface area (TPSA) is 68.5 Å². The minimum absolute atomic E-state index is 0.111. The van der Waals surface area contributed by atoms with Gasteiger partial charge in [-0.15, -0.1) is 0 Å². The van der Waals surface area contributed by atoms with Crippen LogP contribution < -0.4 is 5.32 Å². The summed E-state index contributed by atoms with van der Waals surface area (Å²) in [7, 11) is 1.38. The first kappa shape index (κ1) is 12.3. The van der Waals surface area contributed by atoms with Gasteiger partial charge in [-0.05, 0) is 12.0 Å². The molecule has 0 aliphatic rings. The Bertz CT molecular complexity index is 550. The Labute approximate surface area is 105 Å². The van der Waals surface area contributed by atoms with E-state index in [4.69, 9.17) is 4.74 Å². The van der Waals surface area contributed by atoms with Gasteiger partial charge in [0.15, 0.2) is 5.65 Å². The molecular weight excluding hydrogens is 232 g/mol. The van der Waals surface area contributed by atoms with Gasteiger partial charge in [-0.2, -0.15) is 5.10 Å². The molecule has 0 aliphatic heterocycles. The van der Waals surface area contributed by atoms with Crippen LogP contribution in [-0.4, -0.2) is 33.7 Å². The predicted octanol–water partition coefficient (Wildman–Crippen LogP) is 1.34. The molecule has 2 aromatic rings. The average molecular weight is 248 g/mol. The van der Waals surface area contributed by atoms with Crippen LogP contribution in [0.25, 0.3) is 5.65 Å². The first-order valence-corrected chi connectivity index (χ1v) is 5.76. The summed E-state index contributed by atoms with van der Waals surface area (Å²) in [6.07, 6.45) is 3.46. The van der Waals surface area contributed by atoms with Crippen molar-refractivity contribution in [3.05, 3.63) is 24.5 Å². The lowest BCUT2D eigenvalue weighted by Crippen LogP contribution is -2.35. The molecule has 6 nitrogen and oxygen atoms in total. The van der Waals surface area contributed by atoms with E-state index in [0.29, 0.717) is 5.82 Å². The minimum atomic E-state index is -0.409. The fraction of sp³-hybridized carbons (Fsp3) is 0.417. The Hall–Kier alpha value is -2.11. The molecule has 18 heavy (non-hydrogen) atoms. The zero-order valence-electron chi connectivity index (χ0n) is 10.6. The SMILES string of the molecule is COC(=O)C(Nc1ccn2nccc2n1)C(C)C. The van der Waals surface area contributed by atoms with Gasteiger partial charge in [0.25, 0.3) is 0 Å². The van der Waals surface area contributed by atoms with Crippen molar-refractivity contribution in [2.24, 2.45) is 5.92 Å². The highest BCUT2D eigenvalue weighted by Crippen LogP contribution is 2.12. The summed E-state index contributed by atoms with van der Waals surface area (Å²) in [6, 6.07) is 3.17. The number of ether oxygens (including phenoxy) is 1. The van der Waals surface area contributed by atoms with Crippen molar-refractivity contribution in [3.63, 3.8) is 0 Å². The number of hydrogen-bond acceptors (Lipinski definition) is 5. The molecule has 0 spiro atoms. The van der Waals surface area contributed by atoms with Gasteiger partial charge in [-0.1, -0.05) is 13.8 Å². The molecule has 0 radical (unpaired) electrons. The third kappa shape index (κ3) is 2.42. The summed E-state index contributed by atoms with van der Waals surface area (Å²) in [6.45, 7) is 3.90. The van der Waals surface area contributed by atoms with Crippen LogP contribution in [0.2, 0.25) is 0 Å². The number of carbonyl (C=O) groups excluding carboxylic acids is 1. The van der Waals surface area contributed by atoms with Gasteiger partial charge >= 0.3 is 5.97 Å². The number of anilines is 1. The Kier molecular flexibility index (Phi) is 3.45. The lowest BCUT2D eigenvalue weighted by molar-refractivity contribution is -0.142. The molecule has 96 valence electrons. The number of carbonyl (C=O) groups is 1. The van der Waals surface area contributed by atoms with Gasteiger partial charge < -0.3 is 10.1 Å². The molecule has 1 N–H and O–H groups in total. The van der Waals surface area contributed by atoms with Crippen LogP contribution in [0.3, 0.4) is 0 Å². The van der Waals surface area contributed by atoms with Crippen LogP contribution in [-0.2, 0) is 9.53 Å². The van der Waals surface area contributed by atoms with E-state index in [9.17, 15) is 4.79 Å². The number of hydrogen-bond donors (Lipinski definition) is 1. The number of nitrogens with one attached hydrogen (secondary N) is 1. The molecule has 0 fully saturated rings. The summed E-state index contributed by atoms with van der Waals surface area (Å²) in [5.41, 5.74) is 0.729. The molecule has 0 saturated heterocycles. The number of methoxy groups -OCH3 is 1. The van der Waals surface area contributed by atoms with E-state index in [1.807, 2.05) is 13.8 Å². The molecule has 2 aromatic heterocycles. The third-order valence-corrected chi connectivity index (χ3v) is 2.68. The van der Waals surface area contributed by atoms with Crippen LogP contribution in [0.4, 0.5) is 5.82 Å². The van der Waals surface area contributed by atoms with Gasteiger partial charge in [-0.3, -0.25) is 0 Å². The highest BCUT2D eigenvalue weighted by Gasteiger charge is 2.23. The lowest BCUT2D eigenvalue weighted by Gasteiger charge is -2.20. The second-order valence-electron chi connectivity index (χ2n) is 4.34. The summed E-state index contributed by atoms with van der Waals surface area (Å²) in [5.74, 6) is 0.452. The van der Waals surface area contributed by atoms with E-state index in [2.05, 4.69) is 15.4 Å². The Balaban J connectivity index is 2.22. The molecule has 2 rings (SSSR count). The molecule has 0 saturated carbocycles. The Morgan fingerprint density at radius 3 is 2.89 bits per heavy atom. The zero-order chi connectivity index (χ0) is 13.1. The second kappa shape index (κ2) is 5.03. The number of esters is 1. The third-order valence-electron chi connectivity index (χ3n) is 2.68. The van der Waals surface area contributed by atoms with Crippen molar-refractivity contribution < 1.29 is 9.53 Å². The Morgan fingerprint density at radius 1 is 1.44 bits per heavy atom. The summed E-state index contributed by atoms with van der Waals surface area (Å²) in [4.78, 5) is 16.0. The molecule has 1 atom stereocenters. The van der Waals surface area contributed by atoms with Gasteiger partial charge in [0, 0.05) is 12.3 Å². The standard InChI is InChI=1S/C12H16N4O2/c1-8(2)11(12(17)18-3)15-9-5-7-16-10(14-9)4-6-13-16/h4-8,11H,1-3H3,(H,14,15). The van der Waals surface area contributed by atoms with Crippen molar-refractivity contribution >= 4 is 17.4 Å². The van der Waals surface area contributed by atoms with Gasteiger partial charge in [0.1, 0.15) is 11.9 Å². The molecule has 0 aliphatic carbocycles. The molecule has 6 heteroatoms. The molecule has 1 unspecified atom stereocenters. The highest BCUT2D eigenvalue weighted by molar-refractivity contribution is 5.79. The monoisotopic (exact) mass is 248 g/mol. The summed E-state index contributed by atoms with van der Waals surface area (Å²) >= 11 is 0. The van der Waals surface area contributed by atoms with Crippen LogP contribution >= 0.6 is 0 Å². The van der Waals surface area contributed by atoms with Crippen molar-refractivity contribution in [1.82, 2.24) is 14.6 Å².